The van der Waals surface area contributed by atoms with E-state index in [9.17, 15) is 0 Å². The summed E-state index contributed by atoms with van der Waals surface area (Å²) < 4.78 is 5.30. The van der Waals surface area contributed by atoms with Crippen molar-refractivity contribution in [1.29, 1.82) is 0 Å². The summed E-state index contributed by atoms with van der Waals surface area (Å²) in [6, 6.07) is 3.85. The Kier molecular flexibility index (Phi) is 2.77. The summed E-state index contributed by atoms with van der Waals surface area (Å²) in [5, 5.41) is 7.51. The summed E-state index contributed by atoms with van der Waals surface area (Å²) >= 11 is 6.37. The lowest BCUT2D eigenvalue weighted by Crippen LogP contribution is -1.79. The Labute approximate surface area is 112 Å². The number of H-pyrrole nitrogens is 1. The largest absolute Gasteiger partial charge is 0.408 e. The number of aromatic nitrogens is 4. The summed E-state index contributed by atoms with van der Waals surface area (Å²) in [4.78, 5) is 9.72. The number of aromatic amines is 1. The lowest BCUT2D eigenvalue weighted by molar-refractivity contribution is 0.553. The molecule has 0 radical (unpaired) electrons. The van der Waals surface area contributed by atoms with Crippen molar-refractivity contribution in [3.05, 3.63) is 35.1 Å². The number of rotatable bonds is 2. The molecule has 7 heteroatoms. The van der Waals surface area contributed by atoms with Gasteiger partial charge in [-0.1, -0.05) is 0 Å². The minimum Gasteiger partial charge on any atom is -0.408 e. The van der Waals surface area contributed by atoms with Crippen LogP contribution in [0.15, 0.2) is 28.9 Å². The third-order valence-corrected chi connectivity index (χ3v) is 3.71. The fraction of sp³-hybridized carbons (Fsp3) is 0.0909. The van der Waals surface area contributed by atoms with Crippen molar-refractivity contribution in [3.8, 4) is 21.3 Å². The van der Waals surface area contributed by atoms with Crippen molar-refractivity contribution < 1.29 is 4.42 Å². The third kappa shape index (κ3) is 1.98. The van der Waals surface area contributed by atoms with E-state index < -0.39 is 0 Å². The second-order valence-corrected chi connectivity index (χ2v) is 4.96. The number of nitrogens with zero attached hydrogens (tertiary/aromatic N) is 3. The average molecular weight is 276 g/mol. The van der Waals surface area contributed by atoms with Crippen LogP contribution in [0.5, 0.6) is 0 Å². The van der Waals surface area contributed by atoms with Crippen molar-refractivity contribution in [3.63, 3.8) is 0 Å². The highest BCUT2D eigenvalue weighted by Crippen LogP contribution is 2.33. The number of nitrogens with one attached hydrogen (secondary N) is 1. The lowest BCUT2D eigenvalue weighted by atomic mass is 10.3. The number of aryl methyl sites for hydroxylation is 1. The average Bonchev–Trinajstić information content (AvgIpc) is 2.97. The van der Waals surface area contributed by atoms with Gasteiger partial charge in [0, 0.05) is 18.0 Å². The van der Waals surface area contributed by atoms with Gasteiger partial charge in [0.1, 0.15) is 9.88 Å². The van der Waals surface area contributed by atoms with Crippen LogP contribution in [-0.4, -0.2) is 20.2 Å². The maximum absolute atomic E-state index is 5.30. The molecule has 3 aromatic rings. The van der Waals surface area contributed by atoms with Crippen LogP contribution in [0.25, 0.3) is 21.3 Å². The number of thiazole rings is 1. The summed E-state index contributed by atoms with van der Waals surface area (Å²) in [5.41, 5.74) is 1.84. The molecule has 3 heterocycles. The van der Waals surface area contributed by atoms with Crippen LogP contribution in [0.1, 0.15) is 5.69 Å². The van der Waals surface area contributed by atoms with Gasteiger partial charge in [0.05, 0.1) is 5.69 Å². The van der Waals surface area contributed by atoms with Gasteiger partial charge < -0.3 is 4.42 Å². The molecule has 0 fully saturated rings. The van der Waals surface area contributed by atoms with Crippen LogP contribution in [0, 0.1) is 11.8 Å². The van der Waals surface area contributed by atoms with Gasteiger partial charge in [-0.15, -0.1) is 16.4 Å². The topological polar surface area (TPSA) is 67.6 Å². The highest BCUT2D eigenvalue weighted by Gasteiger charge is 2.15. The van der Waals surface area contributed by atoms with Gasteiger partial charge in [0.25, 0.3) is 10.7 Å². The van der Waals surface area contributed by atoms with Gasteiger partial charge in [-0.2, -0.15) is 0 Å². The first-order valence-electron chi connectivity index (χ1n) is 5.18. The van der Waals surface area contributed by atoms with Gasteiger partial charge >= 0.3 is 0 Å². The van der Waals surface area contributed by atoms with Crippen LogP contribution in [0.2, 0.25) is 0 Å². The highest BCUT2D eigenvalue weighted by molar-refractivity contribution is 7.71. The second-order valence-electron chi connectivity index (χ2n) is 3.59. The quantitative estimate of drug-likeness (QED) is 0.728. The Morgan fingerprint density at radius 3 is 3.00 bits per heavy atom. The monoisotopic (exact) mass is 276 g/mol. The van der Waals surface area contributed by atoms with E-state index in [4.69, 9.17) is 16.6 Å². The zero-order chi connectivity index (χ0) is 12.5. The van der Waals surface area contributed by atoms with Crippen LogP contribution in [0.3, 0.4) is 0 Å². The minimum absolute atomic E-state index is 0.265. The molecular weight excluding hydrogens is 268 g/mol. The third-order valence-electron chi connectivity index (χ3n) is 2.34. The summed E-state index contributed by atoms with van der Waals surface area (Å²) in [7, 11) is 0. The van der Waals surface area contributed by atoms with E-state index in [0.29, 0.717) is 5.89 Å². The fourth-order valence-electron chi connectivity index (χ4n) is 1.53. The zero-order valence-electron chi connectivity index (χ0n) is 9.38. The van der Waals surface area contributed by atoms with E-state index >= 15 is 0 Å². The SMILES string of the molecule is Cc1nc(-c2cccnc2)sc1-c1n[nH]c(=S)o1. The van der Waals surface area contributed by atoms with Crippen LogP contribution >= 0.6 is 23.6 Å². The van der Waals surface area contributed by atoms with E-state index in [1.54, 1.807) is 12.4 Å². The van der Waals surface area contributed by atoms with Crippen molar-refractivity contribution in [2.24, 2.45) is 0 Å². The van der Waals surface area contributed by atoms with Crippen molar-refractivity contribution in [2.45, 2.75) is 6.92 Å². The molecule has 0 unspecified atom stereocenters. The molecule has 0 amide bonds. The van der Waals surface area contributed by atoms with Crippen molar-refractivity contribution >= 4 is 23.6 Å². The Morgan fingerprint density at radius 2 is 2.33 bits per heavy atom. The Hall–Kier alpha value is -1.86. The van der Waals surface area contributed by atoms with Crippen molar-refractivity contribution in [1.82, 2.24) is 20.2 Å². The van der Waals surface area contributed by atoms with E-state index in [1.165, 1.54) is 11.3 Å². The second kappa shape index (κ2) is 4.43. The van der Waals surface area contributed by atoms with Gasteiger partial charge in [-0.25, -0.2) is 10.1 Å². The molecule has 5 nitrogen and oxygen atoms in total. The molecule has 1 N–H and O–H groups in total. The van der Waals surface area contributed by atoms with Gasteiger partial charge in [0.15, 0.2) is 0 Å². The maximum atomic E-state index is 5.30. The first-order chi connectivity index (χ1) is 8.74. The molecule has 0 aliphatic rings. The number of hydrogen-bond acceptors (Lipinski definition) is 6. The molecule has 0 spiro atoms. The van der Waals surface area contributed by atoms with Gasteiger partial charge in [-0.05, 0) is 31.3 Å². The molecule has 0 aliphatic carbocycles. The minimum atomic E-state index is 0.265. The maximum Gasteiger partial charge on any atom is 0.284 e. The van der Waals surface area contributed by atoms with Gasteiger partial charge in [0.2, 0.25) is 0 Å². The van der Waals surface area contributed by atoms with Crippen LogP contribution in [-0.2, 0) is 0 Å². The standard InChI is InChI=1S/C11H8N4OS2/c1-6-8(9-14-15-11(17)16-9)18-10(13-6)7-3-2-4-12-5-7/h2-5H,1H3,(H,15,17). The van der Waals surface area contributed by atoms with Crippen LogP contribution < -0.4 is 0 Å². The molecule has 0 saturated heterocycles. The molecule has 0 saturated carbocycles. The predicted molar refractivity (Wildman–Crippen MR) is 70.8 cm³/mol. The van der Waals surface area contributed by atoms with E-state index in [0.717, 1.165) is 21.1 Å². The molecule has 0 aromatic carbocycles. The lowest BCUT2D eigenvalue weighted by Gasteiger charge is -1.91. The Balaban J connectivity index is 2.09. The van der Waals surface area contributed by atoms with Crippen LogP contribution in [0.4, 0.5) is 0 Å². The van der Waals surface area contributed by atoms with E-state index in [2.05, 4.69) is 20.2 Å². The fourth-order valence-corrected chi connectivity index (χ4v) is 2.64. The number of pyridine rings is 1. The highest BCUT2D eigenvalue weighted by atomic mass is 32.1. The van der Waals surface area contributed by atoms with E-state index in [-0.39, 0.29) is 4.84 Å². The Morgan fingerprint density at radius 1 is 1.44 bits per heavy atom. The molecule has 0 atom stereocenters. The molecule has 18 heavy (non-hydrogen) atoms. The zero-order valence-corrected chi connectivity index (χ0v) is 11.0. The molecular formula is C11H8N4OS2. The summed E-state index contributed by atoms with van der Waals surface area (Å²) in [5.74, 6) is 0.477. The molecule has 3 rings (SSSR count). The van der Waals surface area contributed by atoms with Crippen molar-refractivity contribution in [2.75, 3.05) is 0 Å². The Bertz CT molecular complexity index is 729. The summed E-state index contributed by atoms with van der Waals surface area (Å²) in [6.45, 7) is 1.92. The summed E-state index contributed by atoms with van der Waals surface area (Å²) in [6.07, 6.45) is 3.51. The molecule has 3 aromatic heterocycles. The smallest absolute Gasteiger partial charge is 0.284 e. The molecule has 90 valence electrons. The van der Waals surface area contributed by atoms with Gasteiger partial charge in [-0.3, -0.25) is 4.98 Å². The first kappa shape index (κ1) is 11.2. The molecule has 0 bridgehead atoms. The normalized spacial score (nSPS) is 10.7. The predicted octanol–water partition coefficient (Wildman–Crippen LogP) is 3.23. The number of hydrogen-bond donors (Lipinski definition) is 1. The first-order valence-corrected chi connectivity index (χ1v) is 6.40. The van der Waals surface area contributed by atoms with E-state index in [1.807, 2.05) is 19.1 Å². The molecule has 0 aliphatic heterocycles.